The number of para-hydroxylation sites is 2. The van der Waals surface area contributed by atoms with E-state index >= 15 is 0 Å². The number of aromatic nitrogens is 6. The molecule has 2 aromatic carbocycles. The first kappa shape index (κ1) is 19.5. The molecule has 31 heavy (non-hydrogen) atoms. The number of fused-ring (bicyclic) bond motifs is 3. The molecule has 9 heteroatoms. The third-order valence-corrected chi connectivity index (χ3v) is 5.76. The summed E-state index contributed by atoms with van der Waals surface area (Å²) in [4.78, 5) is 9.27. The van der Waals surface area contributed by atoms with Crippen LogP contribution in [0.3, 0.4) is 0 Å². The Morgan fingerprint density at radius 3 is 2.74 bits per heavy atom. The van der Waals surface area contributed by atoms with Gasteiger partial charge in [0.15, 0.2) is 5.65 Å². The molecule has 0 saturated carbocycles. The molecule has 0 aliphatic carbocycles. The van der Waals surface area contributed by atoms with Gasteiger partial charge in [-0.3, -0.25) is 0 Å². The highest BCUT2D eigenvalue weighted by molar-refractivity contribution is 7.98. The number of rotatable bonds is 7. The quantitative estimate of drug-likeness (QED) is 0.341. The number of hydrogen-bond donors (Lipinski definition) is 0. The summed E-state index contributed by atoms with van der Waals surface area (Å²) in [5.74, 6) is 2.13. The Bertz CT molecular complexity index is 1360. The maximum absolute atomic E-state index is 5.42. The monoisotopic (exact) mass is 432 g/mol. The second-order valence-corrected chi connectivity index (χ2v) is 7.88. The molecular formula is C22H20N6O2S. The maximum Gasteiger partial charge on any atom is 0.237 e. The lowest BCUT2D eigenvalue weighted by Gasteiger charge is -2.04. The van der Waals surface area contributed by atoms with Crippen molar-refractivity contribution in [1.29, 1.82) is 0 Å². The molecule has 0 amide bonds. The van der Waals surface area contributed by atoms with Crippen LogP contribution in [-0.4, -0.2) is 37.0 Å². The summed E-state index contributed by atoms with van der Waals surface area (Å²) < 4.78 is 13.0. The fourth-order valence-corrected chi connectivity index (χ4v) is 4.20. The predicted molar refractivity (Wildman–Crippen MR) is 119 cm³/mol. The molecule has 0 N–H and O–H groups in total. The van der Waals surface area contributed by atoms with Crippen LogP contribution in [0.1, 0.15) is 19.2 Å². The molecule has 0 spiro atoms. The van der Waals surface area contributed by atoms with Gasteiger partial charge in [-0.25, -0.2) is 4.98 Å². The molecule has 0 bridgehead atoms. The highest BCUT2D eigenvalue weighted by Crippen LogP contribution is 2.30. The van der Waals surface area contributed by atoms with Crippen molar-refractivity contribution in [2.45, 2.75) is 30.8 Å². The van der Waals surface area contributed by atoms with Crippen LogP contribution in [0.2, 0.25) is 0 Å². The van der Waals surface area contributed by atoms with Gasteiger partial charge < -0.3 is 13.8 Å². The van der Waals surface area contributed by atoms with E-state index < -0.39 is 0 Å². The van der Waals surface area contributed by atoms with Crippen molar-refractivity contribution in [1.82, 2.24) is 29.9 Å². The topological polar surface area (TPSA) is 91.8 Å². The summed E-state index contributed by atoms with van der Waals surface area (Å²) in [6, 6.07) is 15.8. The molecule has 0 atom stereocenters. The second kappa shape index (κ2) is 8.35. The van der Waals surface area contributed by atoms with Crippen molar-refractivity contribution in [2.24, 2.45) is 0 Å². The van der Waals surface area contributed by atoms with Gasteiger partial charge in [-0.2, -0.15) is 4.98 Å². The zero-order chi connectivity index (χ0) is 21.2. The lowest BCUT2D eigenvalue weighted by atomic mass is 10.2. The van der Waals surface area contributed by atoms with E-state index in [1.54, 1.807) is 7.11 Å². The predicted octanol–water partition coefficient (Wildman–Crippen LogP) is 4.74. The molecule has 0 saturated heterocycles. The van der Waals surface area contributed by atoms with E-state index in [1.165, 1.54) is 11.8 Å². The SMILES string of the molecule is CCCn1c2ccccc2c2nnc(SCc3nc(-c4ccccc4OC)no3)nc21. The minimum absolute atomic E-state index is 0.448. The lowest BCUT2D eigenvalue weighted by Crippen LogP contribution is -2.00. The Morgan fingerprint density at radius 2 is 1.87 bits per heavy atom. The molecule has 5 aromatic rings. The Morgan fingerprint density at radius 1 is 1.03 bits per heavy atom. The minimum atomic E-state index is 0.448. The highest BCUT2D eigenvalue weighted by Gasteiger charge is 2.16. The van der Waals surface area contributed by atoms with Gasteiger partial charge in [0, 0.05) is 11.9 Å². The third-order valence-electron chi connectivity index (χ3n) is 4.94. The first-order valence-electron chi connectivity index (χ1n) is 9.99. The average molecular weight is 433 g/mol. The zero-order valence-corrected chi connectivity index (χ0v) is 18.0. The summed E-state index contributed by atoms with van der Waals surface area (Å²) in [6.07, 6.45) is 1.01. The van der Waals surface area contributed by atoms with Crippen LogP contribution in [-0.2, 0) is 12.3 Å². The van der Waals surface area contributed by atoms with Crippen LogP contribution in [0.5, 0.6) is 5.75 Å². The number of nitrogens with zero attached hydrogens (tertiary/aromatic N) is 6. The Balaban J connectivity index is 1.41. The first-order valence-corrected chi connectivity index (χ1v) is 11.0. The van der Waals surface area contributed by atoms with Crippen molar-refractivity contribution >= 4 is 33.8 Å². The number of methoxy groups -OCH3 is 1. The molecule has 3 aromatic heterocycles. The minimum Gasteiger partial charge on any atom is -0.496 e. The Hall–Kier alpha value is -3.46. The van der Waals surface area contributed by atoms with Gasteiger partial charge in [0.1, 0.15) is 11.3 Å². The van der Waals surface area contributed by atoms with Gasteiger partial charge in [-0.1, -0.05) is 54.2 Å². The van der Waals surface area contributed by atoms with Gasteiger partial charge in [0.25, 0.3) is 0 Å². The van der Waals surface area contributed by atoms with Crippen LogP contribution < -0.4 is 4.74 Å². The largest absolute Gasteiger partial charge is 0.496 e. The van der Waals surface area contributed by atoms with Gasteiger partial charge in [-0.15, -0.1) is 10.2 Å². The van der Waals surface area contributed by atoms with Crippen LogP contribution in [0.25, 0.3) is 33.5 Å². The van der Waals surface area contributed by atoms with E-state index in [0.717, 1.165) is 40.6 Å². The molecule has 5 rings (SSSR count). The van der Waals surface area contributed by atoms with E-state index in [9.17, 15) is 0 Å². The average Bonchev–Trinajstić information content (AvgIpc) is 3.41. The smallest absolute Gasteiger partial charge is 0.237 e. The van der Waals surface area contributed by atoms with Crippen molar-refractivity contribution in [3.63, 3.8) is 0 Å². The van der Waals surface area contributed by atoms with Crippen molar-refractivity contribution in [3.05, 3.63) is 54.4 Å². The normalized spacial score (nSPS) is 11.4. The summed E-state index contributed by atoms with van der Waals surface area (Å²) in [7, 11) is 1.62. The second-order valence-electron chi connectivity index (χ2n) is 6.94. The molecule has 0 fully saturated rings. The Kier molecular flexibility index (Phi) is 5.25. The number of benzene rings is 2. The number of hydrogen-bond acceptors (Lipinski definition) is 8. The van der Waals surface area contributed by atoms with Crippen molar-refractivity contribution in [2.75, 3.05) is 7.11 Å². The first-order chi connectivity index (χ1) is 15.3. The van der Waals surface area contributed by atoms with E-state index in [0.29, 0.717) is 28.4 Å². The zero-order valence-electron chi connectivity index (χ0n) is 17.1. The van der Waals surface area contributed by atoms with Gasteiger partial charge in [0.05, 0.1) is 23.9 Å². The van der Waals surface area contributed by atoms with E-state index in [4.69, 9.17) is 14.2 Å². The molecular weight excluding hydrogens is 412 g/mol. The molecule has 8 nitrogen and oxygen atoms in total. The van der Waals surface area contributed by atoms with Crippen LogP contribution in [0.4, 0.5) is 0 Å². The molecule has 3 heterocycles. The van der Waals surface area contributed by atoms with Gasteiger partial charge >= 0.3 is 0 Å². The molecule has 156 valence electrons. The number of thioether (sulfide) groups is 1. The van der Waals surface area contributed by atoms with Crippen molar-refractivity contribution < 1.29 is 9.26 Å². The van der Waals surface area contributed by atoms with E-state index in [2.05, 4.69) is 44.0 Å². The fourth-order valence-electron chi connectivity index (χ4n) is 3.58. The van der Waals surface area contributed by atoms with E-state index in [1.807, 2.05) is 36.4 Å². The summed E-state index contributed by atoms with van der Waals surface area (Å²) in [5, 5.41) is 14.5. The molecule has 0 unspecified atom stereocenters. The van der Waals surface area contributed by atoms with Gasteiger partial charge in [0.2, 0.25) is 16.9 Å². The number of ether oxygens (including phenoxy) is 1. The van der Waals surface area contributed by atoms with E-state index in [-0.39, 0.29) is 0 Å². The van der Waals surface area contributed by atoms with Crippen LogP contribution >= 0.6 is 11.8 Å². The fraction of sp³-hybridized carbons (Fsp3) is 0.227. The van der Waals surface area contributed by atoms with Crippen molar-refractivity contribution in [3.8, 4) is 17.1 Å². The summed E-state index contributed by atoms with van der Waals surface area (Å²) >= 11 is 1.42. The Labute approximate surface area is 182 Å². The molecule has 0 aliphatic rings. The van der Waals surface area contributed by atoms with Crippen LogP contribution in [0, 0.1) is 0 Å². The molecule has 0 radical (unpaired) electrons. The van der Waals surface area contributed by atoms with Gasteiger partial charge in [-0.05, 0) is 24.6 Å². The third kappa shape index (κ3) is 3.61. The maximum atomic E-state index is 5.42. The lowest BCUT2D eigenvalue weighted by molar-refractivity contribution is 0.390. The van der Waals surface area contributed by atoms with Crippen LogP contribution in [0.15, 0.2) is 58.2 Å². The number of aryl methyl sites for hydroxylation is 1. The summed E-state index contributed by atoms with van der Waals surface area (Å²) in [6.45, 7) is 3.03. The molecule has 0 aliphatic heterocycles. The summed E-state index contributed by atoms with van der Waals surface area (Å²) in [5.41, 5.74) is 3.58. The standard InChI is InChI=1S/C22H20N6O2S/c1-3-12-28-16-10-6-4-8-14(16)19-21(28)24-22(26-25-19)31-13-18-23-20(27-30-18)15-9-5-7-11-17(15)29-2/h4-11H,3,12-13H2,1-2H3. The highest BCUT2D eigenvalue weighted by atomic mass is 32.2.